The first-order valence-electron chi connectivity index (χ1n) is 6.94. The Morgan fingerprint density at radius 2 is 2.21 bits per heavy atom. The maximum Gasteiger partial charge on any atom is 0.239 e. The first-order chi connectivity index (χ1) is 9.02. The molecular formula is C13H25N3O3. The van der Waals surface area contributed by atoms with Gasteiger partial charge in [-0.2, -0.15) is 0 Å². The fraction of sp³-hybridized carbons (Fsp3) is 0.846. The quantitative estimate of drug-likeness (QED) is 0.678. The fourth-order valence-electron chi connectivity index (χ4n) is 2.11. The summed E-state index contributed by atoms with van der Waals surface area (Å²) in [6, 6.07) is 0. The number of nitrogens with one attached hydrogen (secondary N) is 1. The van der Waals surface area contributed by atoms with Crippen molar-refractivity contribution in [2.24, 2.45) is 0 Å². The molecule has 1 aliphatic heterocycles. The summed E-state index contributed by atoms with van der Waals surface area (Å²) in [5.41, 5.74) is 0. The molecule has 2 amide bonds. The van der Waals surface area contributed by atoms with E-state index in [1.165, 1.54) is 4.90 Å². The second-order valence-electron chi connectivity index (χ2n) is 5.13. The topological polar surface area (TPSA) is 72.9 Å². The van der Waals surface area contributed by atoms with Crippen LogP contribution in [0.25, 0.3) is 0 Å². The lowest BCUT2D eigenvalue weighted by Crippen LogP contribution is -2.46. The van der Waals surface area contributed by atoms with E-state index < -0.39 is 0 Å². The van der Waals surface area contributed by atoms with E-state index >= 15 is 0 Å². The van der Waals surface area contributed by atoms with Crippen molar-refractivity contribution in [3.8, 4) is 0 Å². The number of amides is 2. The van der Waals surface area contributed by atoms with Crippen molar-refractivity contribution in [2.45, 2.75) is 32.3 Å². The van der Waals surface area contributed by atoms with Crippen molar-refractivity contribution in [1.82, 2.24) is 15.1 Å². The molecule has 6 heteroatoms. The predicted octanol–water partition coefficient (Wildman–Crippen LogP) is -0.572. The Kier molecular flexibility index (Phi) is 6.80. The van der Waals surface area contributed by atoms with E-state index in [0.29, 0.717) is 13.1 Å². The van der Waals surface area contributed by atoms with Gasteiger partial charge < -0.3 is 15.3 Å². The number of aliphatic hydroxyl groups is 1. The van der Waals surface area contributed by atoms with Crippen LogP contribution in [0, 0.1) is 0 Å². The second-order valence-corrected chi connectivity index (χ2v) is 5.13. The number of likely N-dealkylation sites (tertiary alicyclic amines) is 1. The monoisotopic (exact) mass is 271 g/mol. The van der Waals surface area contributed by atoms with E-state index in [4.69, 9.17) is 0 Å². The number of nitrogens with zero attached hydrogens (tertiary/aromatic N) is 2. The third kappa shape index (κ3) is 6.02. The molecular weight excluding hydrogens is 246 g/mol. The summed E-state index contributed by atoms with van der Waals surface area (Å²) in [5, 5.41) is 12.3. The van der Waals surface area contributed by atoms with Gasteiger partial charge in [0.05, 0.1) is 19.2 Å². The average Bonchev–Trinajstić information content (AvgIpc) is 2.36. The molecule has 1 heterocycles. The van der Waals surface area contributed by atoms with Crippen molar-refractivity contribution in [1.29, 1.82) is 0 Å². The van der Waals surface area contributed by atoms with Gasteiger partial charge >= 0.3 is 0 Å². The minimum absolute atomic E-state index is 0.0826. The van der Waals surface area contributed by atoms with Crippen LogP contribution >= 0.6 is 0 Å². The van der Waals surface area contributed by atoms with E-state index in [1.54, 1.807) is 7.05 Å². The van der Waals surface area contributed by atoms with Crippen LogP contribution in [0.3, 0.4) is 0 Å². The van der Waals surface area contributed by atoms with Crippen molar-refractivity contribution in [3.63, 3.8) is 0 Å². The molecule has 0 aromatic heterocycles. The van der Waals surface area contributed by atoms with Gasteiger partial charge in [-0.05, 0) is 25.8 Å². The number of carbonyl (C=O) groups is 2. The molecule has 1 rings (SSSR count). The third-order valence-corrected chi connectivity index (χ3v) is 3.22. The molecule has 19 heavy (non-hydrogen) atoms. The van der Waals surface area contributed by atoms with Crippen LogP contribution < -0.4 is 5.32 Å². The average molecular weight is 271 g/mol. The molecule has 0 radical (unpaired) electrons. The Hall–Kier alpha value is -1.14. The van der Waals surface area contributed by atoms with E-state index in [9.17, 15) is 14.7 Å². The largest absolute Gasteiger partial charge is 0.392 e. The lowest BCUT2D eigenvalue weighted by molar-refractivity contribution is -0.136. The number of hydrogen-bond acceptors (Lipinski definition) is 4. The van der Waals surface area contributed by atoms with E-state index in [-0.39, 0.29) is 31.0 Å². The molecule has 1 atom stereocenters. The van der Waals surface area contributed by atoms with Crippen LogP contribution in [0.1, 0.15) is 26.2 Å². The highest BCUT2D eigenvalue weighted by Gasteiger charge is 2.21. The number of carbonyl (C=O) groups excluding carboxylic acids is 2. The number of β-amino-alcohol motifs (C(OH)–C–C–N with tert-alkyl or cyclic N) is 1. The maximum atomic E-state index is 11.9. The summed E-state index contributed by atoms with van der Waals surface area (Å²) >= 11 is 0. The number of piperidine rings is 1. The summed E-state index contributed by atoms with van der Waals surface area (Å²) in [7, 11) is 1.63. The molecule has 0 bridgehead atoms. The Morgan fingerprint density at radius 1 is 1.47 bits per heavy atom. The molecule has 0 aliphatic carbocycles. The molecule has 1 saturated heterocycles. The Labute approximate surface area is 114 Å². The van der Waals surface area contributed by atoms with Crippen molar-refractivity contribution < 1.29 is 14.7 Å². The maximum absolute atomic E-state index is 11.9. The molecule has 1 unspecified atom stereocenters. The Morgan fingerprint density at radius 3 is 2.84 bits per heavy atom. The number of aliphatic hydroxyl groups excluding tert-OH is 1. The minimum atomic E-state index is -0.334. The van der Waals surface area contributed by atoms with Crippen molar-refractivity contribution in [3.05, 3.63) is 0 Å². The van der Waals surface area contributed by atoms with Gasteiger partial charge in [-0.1, -0.05) is 6.92 Å². The van der Waals surface area contributed by atoms with Gasteiger partial charge in [-0.3, -0.25) is 14.5 Å². The summed E-state index contributed by atoms with van der Waals surface area (Å²) in [5.74, 6) is -0.211. The lowest BCUT2D eigenvalue weighted by atomic mass is 10.1. The molecule has 110 valence electrons. The zero-order valence-electron chi connectivity index (χ0n) is 11.9. The Bertz CT molecular complexity index is 310. The molecule has 1 aliphatic rings. The molecule has 6 nitrogen and oxygen atoms in total. The third-order valence-electron chi connectivity index (χ3n) is 3.22. The van der Waals surface area contributed by atoms with Crippen LogP contribution in [-0.4, -0.2) is 72.6 Å². The number of rotatable bonds is 6. The van der Waals surface area contributed by atoms with E-state index in [0.717, 1.165) is 25.8 Å². The van der Waals surface area contributed by atoms with Crippen LogP contribution in [-0.2, 0) is 9.59 Å². The second kappa shape index (κ2) is 8.12. The van der Waals surface area contributed by atoms with Gasteiger partial charge in [0.15, 0.2) is 0 Å². The first kappa shape index (κ1) is 15.9. The SMILES string of the molecule is CCCNC(=O)CN(C)C(=O)CN1CCCC(O)C1. The molecule has 0 saturated carbocycles. The van der Waals surface area contributed by atoms with Crippen LogP contribution in [0.5, 0.6) is 0 Å². The van der Waals surface area contributed by atoms with E-state index in [1.807, 2.05) is 11.8 Å². The zero-order valence-corrected chi connectivity index (χ0v) is 11.9. The molecule has 0 aromatic carbocycles. The summed E-state index contributed by atoms with van der Waals surface area (Å²) in [6.45, 7) is 4.36. The number of likely N-dealkylation sites (N-methyl/N-ethyl adjacent to an activating group) is 1. The predicted molar refractivity (Wildman–Crippen MR) is 72.6 cm³/mol. The van der Waals surface area contributed by atoms with Crippen LogP contribution in [0.4, 0.5) is 0 Å². The highest BCUT2D eigenvalue weighted by Crippen LogP contribution is 2.09. The van der Waals surface area contributed by atoms with Crippen LogP contribution in [0.15, 0.2) is 0 Å². The standard InChI is InChI=1S/C13H25N3O3/c1-3-6-14-12(18)9-15(2)13(19)10-16-7-4-5-11(17)8-16/h11,17H,3-10H2,1-2H3,(H,14,18). The van der Waals surface area contributed by atoms with Gasteiger partial charge in [0, 0.05) is 20.1 Å². The van der Waals surface area contributed by atoms with Crippen LogP contribution in [0.2, 0.25) is 0 Å². The summed E-state index contributed by atoms with van der Waals surface area (Å²) in [6.07, 6.45) is 2.27. The summed E-state index contributed by atoms with van der Waals surface area (Å²) < 4.78 is 0. The van der Waals surface area contributed by atoms with Gasteiger partial charge in [-0.15, -0.1) is 0 Å². The smallest absolute Gasteiger partial charge is 0.239 e. The van der Waals surface area contributed by atoms with E-state index in [2.05, 4.69) is 5.32 Å². The van der Waals surface area contributed by atoms with Gasteiger partial charge in [0.25, 0.3) is 0 Å². The fourth-order valence-corrected chi connectivity index (χ4v) is 2.11. The molecule has 1 fully saturated rings. The summed E-state index contributed by atoms with van der Waals surface area (Å²) in [4.78, 5) is 26.8. The van der Waals surface area contributed by atoms with Crippen molar-refractivity contribution >= 4 is 11.8 Å². The molecule has 0 aromatic rings. The van der Waals surface area contributed by atoms with Gasteiger partial charge in [0.2, 0.25) is 11.8 Å². The molecule has 0 spiro atoms. The van der Waals surface area contributed by atoms with Crippen molar-refractivity contribution in [2.75, 3.05) is 39.8 Å². The van der Waals surface area contributed by atoms with Gasteiger partial charge in [0.1, 0.15) is 0 Å². The lowest BCUT2D eigenvalue weighted by Gasteiger charge is -2.30. The normalized spacial score (nSPS) is 20.1. The highest BCUT2D eigenvalue weighted by molar-refractivity contribution is 5.85. The molecule has 2 N–H and O–H groups in total. The zero-order chi connectivity index (χ0) is 14.3. The Balaban J connectivity index is 2.29. The number of hydrogen-bond donors (Lipinski definition) is 2. The van der Waals surface area contributed by atoms with Gasteiger partial charge in [-0.25, -0.2) is 0 Å². The highest BCUT2D eigenvalue weighted by atomic mass is 16.3. The first-order valence-corrected chi connectivity index (χ1v) is 6.94. The minimum Gasteiger partial charge on any atom is -0.392 e.